The van der Waals surface area contributed by atoms with Crippen molar-refractivity contribution in [2.75, 3.05) is 0 Å². The van der Waals surface area contributed by atoms with Gasteiger partial charge in [-0.15, -0.1) is 13.2 Å². The van der Waals surface area contributed by atoms with Gasteiger partial charge in [0, 0.05) is 0 Å². The topological polar surface area (TPSA) is 9.23 Å². The van der Waals surface area contributed by atoms with Crippen molar-refractivity contribution >= 4 is 0 Å². The first-order valence-corrected chi connectivity index (χ1v) is 11.1. The van der Waals surface area contributed by atoms with Crippen molar-refractivity contribution in [3.8, 4) is 5.75 Å². The quantitative estimate of drug-likeness (QED) is 0.326. The van der Waals surface area contributed by atoms with Gasteiger partial charge in [-0.1, -0.05) is 25.0 Å². The van der Waals surface area contributed by atoms with Crippen molar-refractivity contribution < 1.29 is 26.7 Å². The molecule has 6 heteroatoms. The lowest BCUT2D eigenvalue weighted by Crippen LogP contribution is -2.20. The van der Waals surface area contributed by atoms with E-state index in [2.05, 4.69) is 23.8 Å². The van der Waals surface area contributed by atoms with Crippen LogP contribution in [0, 0.1) is 29.4 Å². The van der Waals surface area contributed by atoms with Crippen LogP contribution in [0.15, 0.2) is 24.3 Å². The lowest BCUT2D eigenvalue weighted by atomic mass is 9.74. The zero-order valence-corrected chi connectivity index (χ0v) is 17.5. The van der Waals surface area contributed by atoms with E-state index < -0.39 is 23.7 Å². The van der Waals surface area contributed by atoms with Gasteiger partial charge in [0.25, 0.3) is 0 Å². The summed E-state index contributed by atoms with van der Waals surface area (Å²) in [5.74, 6) is -1.78. The Morgan fingerprint density at radius 2 is 1.37 bits per heavy atom. The number of benzene rings is 1. The Kier molecular flexibility index (Phi) is 7.81. The number of allylic oxidation sites excluding steroid dienone is 2. The molecule has 0 heterocycles. The summed E-state index contributed by atoms with van der Waals surface area (Å²) < 4.78 is 68.4. The standard InChI is InChI=1S/C24H31F5O/c1-2-3-16-4-6-17(7-5-16)8-9-18-10-12-19(13-11-18)20-14-21(25)23(22(26)15-20)30-24(27,28)29/h2-3,14-19H,4-13H2,1H3/b3-2+. The molecule has 0 spiro atoms. The Balaban J connectivity index is 1.46. The van der Waals surface area contributed by atoms with Crippen LogP contribution in [0.25, 0.3) is 0 Å². The van der Waals surface area contributed by atoms with Crippen LogP contribution in [0.2, 0.25) is 0 Å². The zero-order chi connectivity index (χ0) is 21.7. The normalized spacial score (nSPS) is 28.1. The average molecular weight is 431 g/mol. The molecule has 0 unspecified atom stereocenters. The molecule has 0 aliphatic heterocycles. The van der Waals surface area contributed by atoms with Gasteiger partial charge in [0.15, 0.2) is 11.6 Å². The molecule has 0 N–H and O–H groups in total. The van der Waals surface area contributed by atoms with Gasteiger partial charge in [0.2, 0.25) is 5.75 Å². The molecule has 2 fully saturated rings. The Hall–Kier alpha value is -1.59. The number of hydrogen-bond donors (Lipinski definition) is 0. The summed E-state index contributed by atoms with van der Waals surface area (Å²) in [6.07, 6.45) is 10.6. The Morgan fingerprint density at radius 3 is 1.83 bits per heavy atom. The van der Waals surface area contributed by atoms with Gasteiger partial charge in [-0.05, 0) is 99.7 Å². The van der Waals surface area contributed by atoms with Crippen LogP contribution < -0.4 is 4.74 Å². The van der Waals surface area contributed by atoms with Crippen molar-refractivity contribution in [1.29, 1.82) is 0 Å². The first-order valence-electron chi connectivity index (χ1n) is 11.1. The molecule has 0 atom stereocenters. The molecule has 0 amide bonds. The van der Waals surface area contributed by atoms with Crippen LogP contribution in [-0.2, 0) is 0 Å². The van der Waals surface area contributed by atoms with Gasteiger partial charge in [-0.25, -0.2) is 8.78 Å². The SMILES string of the molecule is C/C=C/C1CCC(CCC2CCC(c3cc(F)c(OC(F)(F)F)c(F)c3)CC2)CC1. The predicted octanol–water partition coefficient (Wildman–Crippen LogP) is 8.30. The molecule has 0 bridgehead atoms. The number of alkyl halides is 3. The van der Waals surface area contributed by atoms with Crippen LogP contribution in [-0.4, -0.2) is 6.36 Å². The summed E-state index contributed by atoms with van der Waals surface area (Å²) in [5, 5.41) is 0. The van der Waals surface area contributed by atoms with Gasteiger partial charge in [0.05, 0.1) is 0 Å². The van der Waals surface area contributed by atoms with Crippen LogP contribution in [0.5, 0.6) is 5.75 Å². The lowest BCUT2D eigenvalue weighted by Gasteiger charge is -2.31. The highest BCUT2D eigenvalue weighted by Gasteiger charge is 2.34. The molecule has 3 rings (SSSR count). The van der Waals surface area contributed by atoms with Crippen molar-refractivity contribution in [3.05, 3.63) is 41.5 Å². The minimum absolute atomic E-state index is 0.0125. The maximum atomic E-state index is 14.0. The molecule has 1 nitrogen and oxygen atoms in total. The van der Waals surface area contributed by atoms with E-state index in [-0.39, 0.29) is 5.92 Å². The third-order valence-corrected chi connectivity index (χ3v) is 6.90. The minimum atomic E-state index is -5.12. The Labute approximate surface area is 175 Å². The molecule has 2 aliphatic carbocycles. The zero-order valence-electron chi connectivity index (χ0n) is 17.5. The highest BCUT2D eigenvalue weighted by atomic mass is 19.4. The Morgan fingerprint density at radius 1 is 0.867 bits per heavy atom. The molecule has 2 saturated carbocycles. The number of halogens is 5. The van der Waals surface area contributed by atoms with E-state index in [1.807, 2.05) is 0 Å². The number of rotatable bonds is 6. The summed E-state index contributed by atoms with van der Waals surface area (Å²) in [4.78, 5) is 0. The summed E-state index contributed by atoms with van der Waals surface area (Å²) in [6, 6.07) is 2.00. The summed E-state index contributed by atoms with van der Waals surface area (Å²) in [5.41, 5.74) is 0.431. The first-order chi connectivity index (χ1) is 14.2. The van der Waals surface area contributed by atoms with Crippen molar-refractivity contribution in [1.82, 2.24) is 0 Å². The van der Waals surface area contributed by atoms with Crippen molar-refractivity contribution in [2.24, 2.45) is 17.8 Å². The second-order valence-electron chi connectivity index (χ2n) is 8.96. The number of ether oxygens (including phenoxy) is 1. The average Bonchev–Trinajstić information content (AvgIpc) is 2.70. The lowest BCUT2D eigenvalue weighted by molar-refractivity contribution is -0.276. The molecule has 0 aromatic heterocycles. The second kappa shape index (κ2) is 10.1. The van der Waals surface area contributed by atoms with Crippen molar-refractivity contribution in [3.63, 3.8) is 0 Å². The monoisotopic (exact) mass is 430 g/mol. The third-order valence-electron chi connectivity index (χ3n) is 6.90. The van der Waals surface area contributed by atoms with E-state index in [1.165, 1.54) is 38.5 Å². The van der Waals surface area contributed by atoms with E-state index in [0.717, 1.165) is 49.7 Å². The van der Waals surface area contributed by atoms with Gasteiger partial charge in [0.1, 0.15) is 0 Å². The summed E-state index contributed by atoms with van der Waals surface area (Å²) >= 11 is 0. The molecule has 168 valence electrons. The maximum absolute atomic E-state index is 14.0. The van der Waals surface area contributed by atoms with E-state index in [4.69, 9.17) is 0 Å². The van der Waals surface area contributed by atoms with E-state index in [0.29, 0.717) is 11.5 Å². The third kappa shape index (κ3) is 6.45. The molecule has 0 radical (unpaired) electrons. The predicted molar refractivity (Wildman–Crippen MR) is 107 cm³/mol. The fraction of sp³-hybridized carbons (Fsp3) is 0.667. The van der Waals surface area contributed by atoms with Gasteiger partial charge in [-0.3, -0.25) is 0 Å². The summed E-state index contributed by atoms with van der Waals surface area (Å²) in [6.45, 7) is 2.08. The maximum Gasteiger partial charge on any atom is 0.573 e. The second-order valence-corrected chi connectivity index (χ2v) is 8.96. The van der Waals surface area contributed by atoms with E-state index >= 15 is 0 Å². The highest BCUT2D eigenvalue weighted by molar-refractivity contribution is 5.33. The van der Waals surface area contributed by atoms with E-state index in [9.17, 15) is 22.0 Å². The molecule has 1 aromatic carbocycles. The minimum Gasteiger partial charge on any atom is -0.399 e. The fourth-order valence-corrected chi connectivity index (χ4v) is 5.23. The fourth-order valence-electron chi connectivity index (χ4n) is 5.23. The van der Waals surface area contributed by atoms with Crippen LogP contribution in [0.3, 0.4) is 0 Å². The van der Waals surface area contributed by atoms with Gasteiger partial charge in [-0.2, -0.15) is 0 Å². The Bertz CT molecular complexity index is 688. The number of hydrogen-bond acceptors (Lipinski definition) is 1. The van der Waals surface area contributed by atoms with Gasteiger partial charge >= 0.3 is 6.36 Å². The van der Waals surface area contributed by atoms with Crippen LogP contribution in [0.1, 0.15) is 82.6 Å². The molecular formula is C24H31F5O. The van der Waals surface area contributed by atoms with Gasteiger partial charge < -0.3 is 4.74 Å². The largest absolute Gasteiger partial charge is 0.573 e. The molecule has 0 saturated heterocycles. The smallest absolute Gasteiger partial charge is 0.399 e. The molecule has 2 aliphatic rings. The van der Waals surface area contributed by atoms with Crippen LogP contribution >= 0.6 is 0 Å². The first kappa shape index (κ1) is 23.1. The van der Waals surface area contributed by atoms with E-state index in [1.54, 1.807) is 0 Å². The molecule has 30 heavy (non-hydrogen) atoms. The van der Waals surface area contributed by atoms with Crippen molar-refractivity contribution in [2.45, 2.75) is 83.4 Å². The molecular weight excluding hydrogens is 399 g/mol. The molecule has 1 aromatic rings. The van der Waals surface area contributed by atoms with Crippen LogP contribution in [0.4, 0.5) is 22.0 Å². The summed E-state index contributed by atoms with van der Waals surface area (Å²) in [7, 11) is 0. The highest BCUT2D eigenvalue weighted by Crippen LogP contribution is 2.41.